The fourth-order valence-corrected chi connectivity index (χ4v) is 4.87. The van der Waals surface area contributed by atoms with Gasteiger partial charge in [0.1, 0.15) is 6.17 Å². The van der Waals surface area contributed by atoms with E-state index in [1.165, 1.54) is 29.5 Å². The second kappa shape index (κ2) is 11.3. The highest BCUT2D eigenvalue weighted by Crippen LogP contribution is 2.42. The SMILES string of the molecule is C=C/C=C\C(=C/C)c1cccc(C2CCC(N3C=CC(C(=C)Cl)C3/N=C\CCC)C2)c1. The Morgan fingerprint density at radius 2 is 2.16 bits per heavy atom. The topological polar surface area (TPSA) is 15.6 Å². The molecule has 4 atom stereocenters. The van der Waals surface area contributed by atoms with Crippen LogP contribution in [0.15, 0.2) is 84.0 Å². The summed E-state index contributed by atoms with van der Waals surface area (Å²) in [6.45, 7) is 12.0. The average Bonchev–Trinajstić information content (AvgIpc) is 3.42. The standard InChI is InChI=1S/C28H35ClN2/c1-5-8-11-22(7-3)23-12-10-13-24(19-23)25-14-15-26(20-25)31-18-16-27(21(4)29)28(31)30-17-9-6-2/h5,7-8,10-13,16-19,25-28H,1,4,6,9,14-15,20H2,2-3H3/b11-8-,22-7+,30-17-. The highest BCUT2D eigenvalue weighted by atomic mass is 35.5. The highest BCUT2D eigenvalue weighted by Gasteiger charge is 2.38. The van der Waals surface area contributed by atoms with Gasteiger partial charge < -0.3 is 4.90 Å². The molecule has 0 radical (unpaired) electrons. The van der Waals surface area contributed by atoms with Crippen molar-refractivity contribution in [2.75, 3.05) is 0 Å². The predicted molar refractivity (Wildman–Crippen MR) is 136 cm³/mol. The molecule has 0 amide bonds. The van der Waals surface area contributed by atoms with Gasteiger partial charge in [-0.05, 0) is 61.4 Å². The zero-order valence-corrected chi connectivity index (χ0v) is 19.6. The molecule has 164 valence electrons. The number of benzene rings is 1. The van der Waals surface area contributed by atoms with E-state index in [0.717, 1.165) is 19.3 Å². The van der Waals surface area contributed by atoms with E-state index >= 15 is 0 Å². The van der Waals surface area contributed by atoms with Crippen molar-refractivity contribution < 1.29 is 0 Å². The molecule has 1 aliphatic carbocycles. The van der Waals surface area contributed by atoms with Gasteiger partial charge >= 0.3 is 0 Å². The number of halogens is 1. The van der Waals surface area contributed by atoms with Crippen molar-refractivity contribution >= 4 is 23.4 Å². The molecule has 0 spiro atoms. The van der Waals surface area contributed by atoms with Crippen LogP contribution < -0.4 is 0 Å². The first kappa shape index (κ1) is 23.3. The zero-order chi connectivity index (χ0) is 22.2. The summed E-state index contributed by atoms with van der Waals surface area (Å²) >= 11 is 6.32. The summed E-state index contributed by atoms with van der Waals surface area (Å²) in [6, 6.07) is 9.50. The van der Waals surface area contributed by atoms with Crippen LogP contribution in [0.2, 0.25) is 0 Å². The van der Waals surface area contributed by atoms with Gasteiger partial charge in [-0.1, -0.05) is 92.7 Å². The van der Waals surface area contributed by atoms with Gasteiger partial charge in [0.25, 0.3) is 0 Å². The first-order valence-corrected chi connectivity index (χ1v) is 11.8. The summed E-state index contributed by atoms with van der Waals surface area (Å²) in [5.41, 5.74) is 3.93. The molecular weight excluding hydrogens is 400 g/mol. The van der Waals surface area contributed by atoms with E-state index in [1.54, 1.807) is 0 Å². The fourth-order valence-electron chi connectivity index (χ4n) is 4.68. The third-order valence-electron chi connectivity index (χ3n) is 6.37. The Balaban J connectivity index is 1.74. The third-order valence-corrected chi connectivity index (χ3v) is 6.62. The maximum atomic E-state index is 6.32. The fraction of sp³-hybridized carbons (Fsp3) is 0.393. The van der Waals surface area contributed by atoms with Crippen molar-refractivity contribution in [3.63, 3.8) is 0 Å². The molecule has 3 rings (SSSR count). The number of nitrogens with zero attached hydrogens (tertiary/aromatic N) is 2. The van der Waals surface area contributed by atoms with E-state index in [1.807, 2.05) is 12.2 Å². The van der Waals surface area contributed by atoms with Crippen LogP contribution in [-0.4, -0.2) is 23.3 Å². The van der Waals surface area contributed by atoms with E-state index in [9.17, 15) is 0 Å². The first-order valence-electron chi connectivity index (χ1n) is 11.5. The molecule has 1 aliphatic heterocycles. The quantitative estimate of drug-likeness (QED) is 0.285. The van der Waals surface area contributed by atoms with Gasteiger partial charge in [0, 0.05) is 17.3 Å². The number of hydrogen-bond donors (Lipinski definition) is 0. The van der Waals surface area contributed by atoms with Gasteiger partial charge in [0.2, 0.25) is 0 Å². The van der Waals surface area contributed by atoms with Crippen LogP contribution >= 0.6 is 11.6 Å². The minimum Gasteiger partial charge on any atom is -0.353 e. The van der Waals surface area contributed by atoms with E-state index in [-0.39, 0.29) is 12.1 Å². The molecule has 0 bridgehead atoms. The average molecular weight is 435 g/mol. The normalized spacial score (nSPS) is 26.4. The Bertz CT molecular complexity index is 892. The summed E-state index contributed by atoms with van der Waals surface area (Å²) in [6.07, 6.45) is 20.2. The van der Waals surface area contributed by atoms with Crippen molar-refractivity contribution in [3.05, 3.63) is 90.2 Å². The van der Waals surface area contributed by atoms with Gasteiger partial charge in [-0.25, -0.2) is 0 Å². The Kier molecular flexibility index (Phi) is 8.54. The molecule has 3 heteroatoms. The Labute approximate surface area is 193 Å². The van der Waals surface area contributed by atoms with Crippen LogP contribution in [0.5, 0.6) is 0 Å². The Hall–Kier alpha value is -2.32. The summed E-state index contributed by atoms with van der Waals surface area (Å²) in [5, 5.41) is 0.672. The van der Waals surface area contributed by atoms with E-state index in [0.29, 0.717) is 17.0 Å². The van der Waals surface area contributed by atoms with Crippen molar-refractivity contribution in [1.29, 1.82) is 0 Å². The molecule has 1 aromatic carbocycles. The van der Waals surface area contributed by atoms with Gasteiger partial charge in [-0.15, -0.1) is 0 Å². The summed E-state index contributed by atoms with van der Waals surface area (Å²) in [5.74, 6) is 0.657. The second-order valence-corrected chi connectivity index (χ2v) is 8.91. The maximum Gasteiger partial charge on any atom is 0.131 e. The molecular formula is C28H35ClN2. The molecule has 2 nitrogen and oxygen atoms in total. The second-order valence-electron chi connectivity index (χ2n) is 8.42. The summed E-state index contributed by atoms with van der Waals surface area (Å²) < 4.78 is 0. The number of hydrogen-bond acceptors (Lipinski definition) is 2. The molecule has 1 heterocycles. The Morgan fingerprint density at radius 3 is 2.87 bits per heavy atom. The Morgan fingerprint density at radius 1 is 1.32 bits per heavy atom. The monoisotopic (exact) mass is 434 g/mol. The van der Waals surface area contributed by atoms with Gasteiger partial charge in [-0.2, -0.15) is 0 Å². The molecule has 1 fully saturated rings. The van der Waals surface area contributed by atoms with Crippen LogP contribution in [0.25, 0.3) is 5.57 Å². The number of allylic oxidation sites excluding steroid dienone is 5. The van der Waals surface area contributed by atoms with Gasteiger partial charge in [0.15, 0.2) is 0 Å². The molecule has 4 unspecified atom stereocenters. The van der Waals surface area contributed by atoms with Gasteiger partial charge in [0.05, 0.1) is 5.92 Å². The number of aliphatic imine (C=N–C) groups is 1. The van der Waals surface area contributed by atoms with Crippen LogP contribution in [0.4, 0.5) is 0 Å². The minimum atomic E-state index is 0.0466. The lowest BCUT2D eigenvalue weighted by Gasteiger charge is -2.32. The molecule has 0 N–H and O–H groups in total. The molecule has 0 saturated heterocycles. The molecule has 31 heavy (non-hydrogen) atoms. The molecule has 1 aromatic rings. The van der Waals surface area contributed by atoms with E-state index in [2.05, 4.69) is 86.8 Å². The van der Waals surface area contributed by atoms with Gasteiger partial charge in [-0.3, -0.25) is 4.99 Å². The van der Waals surface area contributed by atoms with E-state index in [4.69, 9.17) is 16.6 Å². The van der Waals surface area contributed by atoms with Crippen LogP contribution in [0.1, 0.15) is 63.0 Å². The third kappa shape index (κ3) is 5.68. The van der Waals surface area contributed by atoms with Crippen molar-refractivity contribution in [2.45, 2.75) is 64.1 Å². The lowest BCUT2D eigenvalue weighted by Crippen LogP contribution is -2.37. The lowest BCUT2D eigenvalue weighted by atomic mass is 9.93. The number of rotatable bonds is 9. The largest absolute Gasteiger partial charge is 0.353 e. The molecule has 1 saturated carbocycles. The van der Waals surface area contributed by atoms with Crippen LogP contribution in [-0.2, 0) is 0 Å². The van der Waals surface area contributed by atoms with E-state index < -0.39 is 0 Å². The highest BCUT2D eigenvalue weighted by molar-refractivity contribution is 6.29. The van der Waals surface area contributed by atoms with Crippen molar-refractivity contribution in [3.8, 4) is 0 Å². The van der Waals surface area contributed by atoms with Crippen LogP contribution in [0.3, 0.4) is 0 Å². The lowest BCUT2D eigenvalue weighted by molar-refractivity contribution is 0.209. The molecule has 2 aliphatic rings. The predicted octanol–water partition coefficient (Wildman–Crippen LogP) is 7.86. The zero-order valence-electron chi connectivity index (χ0n) is 18.9. The summed E-state index contributed by atoms with van der Waals surface area (Å²) in [7, 11) is 0. The van der Waals surface area contributed by atoms with Crippen molar-refractivity contribution in [1.82, 2.24) is 4.90 Å². The summed E-state index contributed by atoms with van der Waals surface area (Å²) in [4.78, 5) is 7.32. The van der Waals surface area contributed by atoms with Crippen LogP contribution in [0, 0.1) is 5.92 Å². The van der Waals surface area contributed by atoms with Crippen molar-refractivity contribution in [2.24, 2.45) is 10.9 Å². The maximum absolute atomic E-state index is 6.32. The first-order chi connectivity index (χ1) is 15.1. The smallest absolute Gasteiger partial charge is 0.131 e. The minimum absolute atomic E-state index is 0.0466. The number of unbranched alkanes of at least 4 members (excludes halogenated alkanes) is 1. The molecule has 0 aromatic heterocycles.